The Kier molecular flexibility index (Phi) is 24.7. The number of aldehydes is 1. The first-order valence-electron chi connectivity index (χ1n) is 9.51. The Hall–Kier alpha value is -0.650. The monoisotopic (exact) mass is 395 g/mol. The summed E-state index contributed by atoms with van der Waals surface area (Å²) in [5.41, 5.74) is 0. The van der Waals surface area contributed by atoms with Gasteiger partial charge < -0.3 is 43.3 Å². The number of rotatable bonds is 24. The summed E-state index contributed by atoms with van der Waals surface area (Å²) in [5, 5.41) is 3.24. The molecular weight excluding hydrogens is 358 g/mol. The number of hydrogen-bond donors (Lipinski definition) is 1. The van der Waals surface area contributed by atoms with Crippen LogP contribution in [0.4, 0.5) is 0 Å². The van der Waals surface area contributed by atoms with Crippen LogP contribution in [0, 0.1) is 0 Å². The normalized spacial score (nSPS) is 11.1. The van der Waals surface area contributed by atoms with Crippen LogP contribution in [0.15, 0.2) is 0 Å². The number of carbonyl (C=O) groups excluding carboxylic acids is 1. The van der Waals surface area contributed by atoms with E-state index in [0.29, 0.717) is 92.3 Å². The van der Waals surface area contributed by atoms with Gasteiger partial charge in [0, 0.05) is 26.6 Å². The van der Waals surface area contributed by atoms with Gasteiger partial charge in [-0.1, -0.05) is 0 Å². The zero-order valence-corrected chi connectivity index (χ0v) is 16.7. The smallest absolute Gasteiger partial charge is 0.122 e. The number of ether oxygens (including phenoxy) is 7. The fraction of sp³-hybridized carbons (Fsp3) is 0.944. The highest BCUT2D eigenvalue weighted by molar-refractivity contribution is 5.49. The van der Waals surface area contributed by atoms with Crippen molar-refractivity contribution < 1.29 is 38.0 Å². The molecule has 0 heterocycles. The summed E-state index contributed by atoms with van der Waals surface area (Å²) in [6.07, 6.45) is 1.27. The molecule has 9 heteroatoms. The van der Waals surface area contributed by atoms with E-state index in [1.807, 2.05) is 0 Å². The molecule has 0 aliphatic carbocycles. The second-order valence-electron chi connectivity index (χ2n) is 5.37. The zero-order chi connectivity index (χ0) is 19.7. The van der Waals surface area contributed by atoms with Crippen LogP contribution in [0.3, 0.4) is 0 Å². The maximum absolute atomic E-state index is 10.1. The SMILES string of the molecule is COCCOCCOCCNCCOCCOCCOCCOCCC=O. The standard InChI is InChI=1S/C18H37NO8/c1-21-9-10-25-15-12-23-7-3-19-4-8-24-13-16-27-18-17-26-14-11-22-6-2-5-20/h5,19H,2-4,6-18H2,1H3. The van der Waals surface area contributed by atoms with Crippen LogP contribution in [0.1, 0.15) is 6.42 Å². The molecule has 27 heavy (non-hydrogen) atoms. The molecule has 0 aliphatic rings. The highest BCUT2D eigenvalue weighted by atomic mass is 16.6. The molecule has 0 spiro atoms. The van der Waals surface area contributed by atoms with E-state index in [4.69, 9.17) is 33.2 Å². The fourth-order valence-corrected chi connectivity index (χ4v) is 1.77. The maximum atomic E-state index is 10.1. The lowest BCUT2D eigenvalue weighted by Crippen LogP contribution is -2.25. The van der Waals surface area contributed by atoms with Crippen LogP contribution in [0.25, 0.3) is 0 Å². The van der Waals surface area contributed by atoms with E-state index in [2.05, 4.69) is 5.32 Å². The number of hydrogen-bond acceptors (Lipinski definition) is 9. The van der Waals surface area contributed by atoms with Gasteiger partial charge in [0.1, 0.15) is 6.29 Å². The van der Waals surface area contributed by atoms with Crippen molar-refractivity contribution in [2.45, 2.75) is 6.42 Å². The van der Waals surface area contributed by atoms with Crippen molar-refractivity contribution >= 4 is 6.29 Å². The van der Waals surface area contributed by atoms with Crippen molar-refractivity contribution in [3.8, 4) is 0 Å². The van der Waals surface area contributed by atoms with E-state index in [-0.39, 0.29) is 0 Å². The van der Waals surface area contributed by atoms with E-state index in [1.165, 1.54) is 0 Å². The van der Waals surface area contributed by atoms with E-state index in [1.54, 1.807) is 7.11 Å². The molecule has 0 rings (SSSR count). The predicted octanol–water partition coefficient (Wildman–Crippen LogP) is -0.0890. The first-order valence-corrected chi connectivity index (χ1v) is 9.51. The van der Waals surface area contributed by atoms with Crippen LogP contribution in [0.2, 0.25) is 0 Å². The lowest BCUT2D eigenvalue weighted by Gasteiger charge is -2.08. The highest BCUT2D eigenvalue weighted by Crippen LogP contribution is 1.84. The molecule has 1 N–H and O–H groups in total. The van der Waals surface area contributed by atoms with Gasteiger partial charge in [0.2, 0.25) is 0 Å². The molecule has 0 aromatic carbocycles. The molecule has 0 saturated carbocycles. The Balaban J connectivity index is 2.96. The molecule has 0 bridgehead atoms. The van der Waals surface area contributed by atoms with Gasteiger partial charge in [-0.3, -0.25) is 0 Å². The van der Waals surface area contributed by atoms with E-state index in [0.717, 1.165) is 19.4 Å². The van der Waals surface area contributed by atoms with Crippen LogP contribution >= 0.6 is 0 Å². The number of carbonyl (C=O) groups is 1. The molecule has 0 saturated heterocycles. The van der Waals surface area contributed by atoms with Gasteiger partial charge in [0.15, 0.2) is 0 Å². The summed E-state index contributed by atoms with van der Waals surface area (Å²) in [6.45, 7) is 8.87. The molecule has 0 radical (unpaired) electrons. The summed E-state index contributed by atoms with van der Waals surface area (Å²) in [4.78, 5) is 10.1. The third-order valence-electron chi connectivity index (χ3n) is 3.15. The topological polar surface area (TPSA) is 93.7 Å². The molecule has 0 atom stereocenters. The maximum Gasteiger partial charge on any atom is 0.122 e. The summed E-state index contributed by atoms with van der Waals surface area (Å²) >= 11 is 0. The van der Waals surface area contributed by atoms with Gasteiger partial charge in [0.25, 0.3) is 0 Å². The first kappa shape index (κ1) is 26.4. The molecule has 0 fully saturated rings. The average Bonchev–Trinajstić information content (AvgIpc) is 2.68. The largest absolute Gasteiger partial charge is 0.382 e. The Morgan fingerprint density at radius 3 is 1.33 bits per heavy atom. The van der Waals surface area contributed by atoms with Crippen LogP contribution in [-0.4, -0.2) is 112 Å². The van der Waals surface area contributed by atoms with Crippen molar-refractivity contribution in [1.29, 1.82) is 0 Å². The molecule has 0 aliphatic heterocycles. The number of methoxy groups -OCH3 is 1. The second-order valence-corrected chi connectivity index (χ2v) is 5.37. The molecule has 0 amide bonds. The quantitative estimate of drug-likeness (QED) is 0.178. The van der Waals surface area contributed by atoms with Crippen molar-refractivity contribution in [1.82, 2.24) is 5.32 Å². The van der Waals surface area contributed by atoms with E-state index < -0.39 is 0 Å². The Bertz CT molecular complexity index is 284. The Morgan fingerprint density at radius 1 is 0.556 bits per heavy atom. The van der Waals surface area contributed by atoms with E-state index in [9.17, 15) is 4.79 Å². The lowest BCUT2D eigenvalue weighted by atomic mass is 10.5. The third-order valence-corrected chi connectivity index (χ3v) is 3.15. The van der Waals surface area contributed by atoms with Gasteiger partial charge in [0.05, 0.1) is 85.9 Å². The van der Waals surface area contributed by atoms with Gasteiger partial charge >= 0.3 is 0 Å². The average molecular weight is 395 g/mol. The summed E-state index contributed by atoms with van der Waals surface area (Å²) in [5.74, 6) is 0. The summed E-state index contributed by atoms with van der Waals surface area (Å²) < 4.78 is 36.9. The highest BCUT2D eigenvalue weighted by Gasteiger charge is 1.94. The molecular formula is C18H37NO8. The van der Waals surface area contributed by atoms with Crippen LogP contribution < -0.4 is 5.32 Å². The third kappa shape index (κ3) is 25.3. The van der Waals surface area contributed by atoms with Gasteiger partial charge in [-0.05, 0) is 0 Å². The fourth-order valence-electron chi connectivity index (χ4n) is 1.77. The molecule has 162 valence electrons. The van der Waals surface area contributed by atoms with Crippen molar-refractivity contribution in [2.24, 2.45) is 0 Å². The second kappa shape index (κ2) is 25.4. The summed E-state index contributed by atoms with van der Waals surface area (Å²) in [6, 6.07) is 0. The van der Waals surface area contributed by atoms with E-state index >= 15 is 0 Å². The van der Waals surface area contributed by atoms with Crippen LogP contribution in [-0.2, 0) is 38.0 Å². The molecule has 0 aromatic heterocycles. The Labute approximate surface area is 162 Å². The van der Waals surface area contributed by atoms with Crippen LogP contribution in [0.5, 0.6) is 0 Å². The first-order chi connectivity index (χ1) is 13.4. The zero-order valence-electron chi connectivity index (χ0n) is 16.7. The van der Waals surface area contributed by atoms with Gasteiger partial charge in [-0.15, -0.1) is 0 Å². The minimum Gasteiger partial charge on any atom is -0.382 e. The molecule has 9 nitrogen and oxygen atoms in total. The molecule has 0 aromatic rings. The lowest BCUT2D eigenvalue weighted by molar-refractivity contribution is -0.108. The minimum atomic E-state index is 0.428. The van der Waals surface area contributed by atoms with Crippen molar-refractivity contribution in [2.75, 3.05) is 106 Å². The van der Waals surface area contributed by atoms with Gasteiger partial charge in [-0.25, -0.2) is 0 Å². The summed E-state index contributed by atoms with van der Waals surface area (Å²) in [7, 11) is 1.65. The molecule has 0 unspecified atom stereocenters. The minimum absolute atomic E-state index is 0.428. The number of nitrogens with one attached hydrogen (secondary N) is 1. The van der Waals surface area contributed by atoms with Crippen molar-refractivity contribution in [3.63, 3.8) is 0 Å². The Morgan fingerprint density at radius 2 is 0.926 bits per heavy atom. The van der Waals surface area contributed by atoms with Gasteiger partial charge in [-0.2, -0.15) is 0 Å². The van der Waals surface area contributed by atoms with Crippen molar-refractivity contribution in [3.05, 3.63) is 0 Å². The predicted molar refractivity (Wildman–Crippen MR) is 100 cm³/mol.